The van der Waals surface area contributed by atoms with Gasteiger partial charge in [0.2, 0.25) is 0 Å². The van der Waals surface area contributed by atoms with Gasteiger partial charge in [0.15, 0.2) is 0 Å². The van der Waals surface area contributed by atoms with Gasteiger partial charge in [-0.1, -0.05) is 55.8 Å². The van der Waals surface area contributed by atoms with Crippen LogP contribution in [0.1, 0.15) is 56.1 Å². The first-order valence-corrected chi connectivity index (χ1v) is 9.52. The summed E-state index contributed by atoms with van der Waals surface area (Å²) in [5.74, 6) is 1.74. The molecule has 3 rings (SSSR count). The fourth-order valence-electron chi connectivity index (χ4n) is 3.43. The van der Waals surface area contributed by atoms with Crippen molar-refractivity contribution >= 4 is 12.0 Å². The molecule has 162 valence electrons. The van der Waals surface area contributed by atoms with E-state index >= 15 is 0 Å². The molecule has 7 heteroatoms. The highest BCUT2D eigenvalue weighted by Gasteiger charge is 2.20. The molecule has 0 aromatic heterocycles. The van der Waals surface area contributed by atoms with E-state index in [-0.39, 0.29) is 23.5 Å². The predicted molar refractivity (Wildman–Crippen MR) is 111 cm³/mol. The van der Waals surface area contributed by atoms with Crippen LogP contribution in [-0.4, -0.2) is 0 Å². The Morgan fingerprint density at radius 1 is 0.786 bits per heavy atom. The molecule has 0 bridgehead atoms. The molecule has 1 aliphatic rings. The number of benzene rings is 2. The highest BCUT2D eigenvalue weighted by atomic mass is 32.2. The lowest BCUT2D eigenvalue weighted by Crippen LogP contribution is -2.12. The van der Waals surface area contributed by atoms with E-state index in [1.807, 2.05) is 18.2 Å². The molecule has 2 aromatic rings. The van der Waals surface area contributed by atoms with E-state index in [4.69, 9.17) is 4.18 Å². The maximum atomic E-state index is 5.74. The minimum Gasteiger partial charge on any atom is -0.305 e. The lowest BCUT2D eigenvalue weighted by molar-refractivity contribution is 0.318. The number of hydrogen-bond donors (Lipinski definition) is 0. The van der Waals surface area contributed by atoms with E-state index in [0.717, 1.165) is 16.7 Å². The van der Waals surface area contributed by atoms with Crippen LogP contribution in [-0.2, 0) is 10.8 Å². The maximum absolute atomic E-state index is 5.74. The van der Waals surface area contributed by atoms with Crippen molar-refractivity contribution in [2.75, 3.05) is 0 Å². The lowest BCUT2D eigenvalue weighted by Gasteiger charge is -2.28. The minimum absolute atomic E-state index is 0. The van der Waals surface area contributed by atoms with Crippen LogP contribution in [0.25, 0.3) is 0 Å². The summed E-state index contributed by atoms with van der Waals surface area (Å²) < 4.78 is 5.74. The SMILES string of the molecule is CCC1CCC(c2ccc(COSc3ccccc3)cc2)CC1.F.F.F.F.F. The van der Waals surface area contributed by atoms with Crippen LogP contribution < -0.4 is 0 Å². The Kier molecular flexibility index (Phi) is 18.2. The fourth-order valence-corrected chi connectivity index (χ4v) is 4.03. The first-order valence-electron chi connectivity index (χ1n) is 8.78. The van der Waals surface area contributed by atoms with Crippen molar-refractivity contribution in [1.82, 2.24) is 0 Å². The Bertz CT molecular complexity index is 590. The first kappa shape index (κ1) is 31.1. The van der Waals surface area contributed by atoms with E-state index in [1.54, 1.807) is 0 Å². The number of hydrogen-bond acceptors (Lipinski definition) is 2. The van der Waals surface area contributed by atoms with Gasteiger partial charge in [-0.3, -0.25) is 23.5 Å². The Hall–Kier alpha value is -1.60. The zero-order valence-electron chi connectivity index (χ0n) is 16.0. The molecule has 1 nitrogen and oxygen atoms in total. The van der Waals surface area contributed by atoms with Crippen LogP contribution in [0, 0.1) is 5.92 Å². The van der Waals surface area contributed by atoms with Crippen molar-refractivity contribution in [3.63, 3.8) is 0 Å². The summed E-state index contributed by atoms with van der Waals surface area (Å²) in [6.07, 6.45) is 6.87. The van der Waals surface area contributed by atoms with Crippen LogP contribution in [0.2, 0.25) is 0 Å². The van der Waals surface area contributed by atoms with E-state index < -0.39 is 0 Å². The normalized spacial score (nSPS) is 17.5. The molecule has 2 aromatic carbocycles. The molecule has 0 spiro atoms. The Labute approximate surface area is 168 Å². The molecule has 0 amide bonds. The van der Waals surface area contributed by atoms with E-state index in [1.165, 1.54) is 55.3 Å². The van der Waals surface area contributed by atoms with Gasteiger partial charge >= 0.3 is 0 Å². The standard InChI is InChI=1S/C21H26OS.5FH/c1-2-17-8-12-19(13-9-17)20-14-10-18(11-15-20)16-22-23-21-6-4-3-5-7-21;;;;;/h3-7,10-11,14-15,17,19H,2,8-9,12-13,16H2,1H3;5*1H. The van der Waals surface area contributed by atoms with E-state index in [2.05, 4.69) is 43.3 Å². The number of rotatable bonds is 6. The summed E-state index contributed by atoms with van der Waals surface area (Å²) in [6.45, 7) is 2.98. The summed E-state index contributed by atoms with van der Waals surface area (Å²) in [5.41, 5.74) is 2.76. The molecule has 1 aliphatic carbocycles. The van der Waals surface area contributed by atoms with Gasteiger partial charge < -0.3 is 4.18 Å². The van der Waals surface area contributed by atoms with Crippen LogP contribution >= 0.6 is 12.0 Å². The Morgan fingerprint density at radius 2 is 1.36 bits per heavy atom. The molecule has 0 saturated heterocycles. The number of halogens is 5. The molecule has 28 heavy (non-hydrogen) atoms. The van der Waals surface area contributed by atoms with Gasteiger partial charge in [0, 0.05) is 16.9 Å². The molecule has 0 N–H and O–H groups in total. The van der Waals surface area contributed by atoms with Crippen molar-refractivity contribution in [2.24, 2.45) is 5.92 Å². The highest BCUT2D eigenvalue weighted by molar-refractivity contribution is 7.94. The Balaban J connectivity index is -0.00000125. The molecule has 0 heterocycles. The van der Waals surface area contributed by atoms with Crippen molar-refractivity contribution in [3.05, 3.63) is 65.7 Å². The first-order chi connectivity index (χ1) is 11.3. The van der Waals surface area contributed by atoms with Gasteiger partial charge in [0.1, 0.15) is 0 Å². The molecular formula is C21H31F5OS. The zero-order chi connectivity index (χ0) is 15.9. The molecule has 0 unspecified atom stereocenters. The maximum Gasteiger partial charge on any atom is 0.0869 e. The van der Waals surface area contributed by atoms with Gasteiger partial charge in [-0.15, -0.1) is 0 Å². The molecule has 0 radical (unpaired) electrons. The van der Waals surface area contributed by atoms with Gasteiger partial charge in [0.25, 0.3) is 0 Å². The second kappa shape index (κ2) is 16.4. The highest BCUT2D eigenvalue weighted by Crippen LogP contribution is 2.37. The summed E-state index contributed by atoms with van der Waals surface area (Å²) in [6, 6.07) is 19.3. The zero-order valence-corrected chi connectivity index (χ0v) is 16.8. The average Bonchev–Trinajstić information content (AvgIpc) is 2.63. The summed E-state index contributed by atoms with van der Waals surface area (Å²) in [5, 5.41) is 0. The van der Waals surface area contributed by atoms with Crippen molar-refractivity contribution in [3.8, 4) is 0 Å². The largest absolute Gasteiger partial charge is 0.305 e. The fraction of sp³-hybridized carbons (Fsp3) is 0.429. The summed E-state index contributed by atoms with van der Waals surface area (Å²) >= 11 is 1.45. The molecule has 1 fully saturated rings. The van der Waals surface area contributed by atoms with Crippen LogP contribution in [0.4, 0.5) is 23.5 Å². The topological polar surface area (TPSA) is 9.23 Å². The second-order valence-corrected chi connectivity index (χ2v) is 7.40. The predicted octanol–water partition coefficient (Wildman–Crippen LogP) is 7.36. The van der Waals surface area contributed by atoms with Crippen LogP contribution in [0.15, 0.2) is 59.5 Å². The van der Waals surface area contributed by atoms with Gasteiger partial charge in [-0.05, 0) is 60.8 Å². The van der Waals surface area contributed by atoms with Crippen molar-refractivity contribution in [1.29, 1.82) is 0 Å². The minimum atomic E-state index is 0. The van der Waals surface area contributed by atoms with Gasteiger partial charge in [-0.2, -0.15) is 0 Å². The smallest absolute Gasteiger partial charge is 0.0869 e. The Morgan fingerprint density at radius 3 is 1.89 bits per heavy atom. The molecule has 0 aliphatic heterocycles. The van der Waals surface area contributed by atoms with E-state index in [0.29, 0.717) is 6.61 Å². The lowest BCUT2D eigenvalue weighted by atomic mass is 9.78. The average molecular weight is 427 g/mol. The van der Waals surface area contributed by atoms with Gasteiger partial charge in [0.05, 0.1) is 6.61 Å². The molecule has 0 atom stereocenters. The quantitative estimate of drug-likeness (QED) is 0.353. The van der Waals surface area contributed by atoms with E-state index in [9.17, 15) is 0 Å². The van der Waals surface area contributed by atoms with Crippen LogP contribution in [0.3, 0.4) is 0 Å². The molecular weight excluding hydrogens is 395 g/mol. The molecule has 1 saturated carbocycles. The van der Waals surface area contributed by atoms with Crippen molar-refractivity contribution < 1.29 is 27.7 Å². The summed E-state index contributed by atoms with van der Waals surface area (Å²) in [7, 11) is 0. The monoisotopic (exact) mass is 426 g/mol. The third kappa shape index (κ3) is 9.06. The third-order valence-electron chi connectivity index (χ3n) is 5.00. The van der Waals surface area contributed by atoms with Crippen LogP contribution in [0.5, 0.6) is 0 Å². The van der Waals surface area contributed by atoms with Gasteiger partial charge in [-0.25, -0.2) is 0 Å². The summed E-state index contributed by atoms with van der Waals surface area (Å²) in [4.78, 5) is 1.15. The third-order valence-corrected chi connectivity index (χ3v) is 5.70. The van der Waals surface area contributed by atoms with Crippen molar-refractivity contribution in [2.45, 2.75) is 56.4 Å². The second-order valence-electron chi connectivity index (χ2n) is 6.53.